The maximum absolute atomic E-state index is 13.7. The highest BCUT2D eigenvalue weighted by atomic mass is 19.1. The summed E-state index contributed by atoms with van der Waals surface area (Å²) in [6.45, 7) is 1.74. The van der Waals surface area contributed by atoms with Crippen LogP contribution in [0.15, 0.2) is 42.5 Å². The third-order valence-electron chi connectivity index (χ3n) is 3.15. The Labute approximate surface area is 121 Å². The molecule has 0 aliphatic carbocycles. The van der Waals surface area contributed by atoms with Crippen molar-refractivity contribution in [1.29, 1.82) is 0 Å². The van der Waals surface area contributed by atoms with E-state index in [1.165, 1.54) is 19.2 Å². The number of nitro benzene ring substituents is 1. The molecule has 0 aliphatic heterocycles. The van der Waals surface area contributed by atoms with Crippen LogP contribution in [0.1, 0.15) is 18.5 Å². The number of methoxy groups -OCH3 is 1. The van der Waals surface area contributed by atoms with E-state index in [-0.39, 0.29) is 11.5 Å². The maximum Gasteiger partial charge on any atom is 0.296 e. The van der Waals surface area contributed by atoms with E-state index in [2.05, 4.69) is 5.32 Å². The van der Waals surface area contributed by atoms with Gasteiger partial charge in [-0.25, -0.2) is 4.39 Å². The van der Waals surface area contributed by atoms with E-state index in [4.69, 9.17) is 4.74 Å². The molecule has 5 nitrogen and oxygen atoms in total. The monoisotopic (exact) mass is 290 g/mol. The van der Waals surface area contributed by atoms with E-state index in [1.54, 1.807) is 37.3 Å². The quantitative estimate of drug-likeness (QED) is 0.669. The largest absolute Gasteiger partial charge is 0.496 e. The second kappa shape index (κ2) is 6.21. The summed E-state index contributed by atoms with van der Waals surface area (Å²) in [6.07, 6.45) is 0. The van der Waals surface area contributed by atoms with Crippen molar-refractivity contribution in [2.24, 2.45) is 0 Å². The van der Waals surface area contributed by atoms with Crippen LogP contribution in [-0.2, 0) is 0 Å². The molecule has 21 heavy (non-hydrogen) atoms. The molecule has 2 rings (SSSR count). The van der Waals surface area contributed by atoms with Crippen molar-refractivity contribution in [3.05, 3.63) is 64.0 Å². The number of halogens is 1. The first kappa shape index (κ1) is 14.8. The number of nitrogens with zero attached hydrogens (tertiary/aromatic N) is 1. The van der Waals surface area contributed by atoms with Crippen LogP contribution in [0.4, 0.5) is 15.8 Å². The van der Waals surface area contributed by atoms with E-state index < -0.39 is 11.0 Å². The molecule has 0 saturated heterocycles. The average molecular weight is 290 g/mol. The van der Waals surface area contributed by atoms with Crippen molar-refractivity contribution >= 4 is 11.4 Å². The van der Waals surface area contributed by atoms with E-state index >= 15 is 0 Å². The minimum atomic E-state index is -0.501. The standard InChI is InChI=1S/C15H15FN2O3/c1-10(12-5-3-4-6-13(12)16)17-14-8-7-11(21-2)9-15(14)18(19)20/h3-10,17H,1-2H3. The minimum Gasteiger partial charge on any atom is -0.496 e. The molecule has 110 valence electrons. The second-order valence-corrected chi connectivity index (χ2v) is 4.53. The molecular weight excluding hydrogens is 275 g/mol. The minimum absolute atomic E-state index is 0.113. The van der Waals surface area contributed by atoms with Gasteiger partial charge in [0.2, 0.25) is 0 Å². The van der Waals surface area contributed by atoms with Crippen LogP contribution in [-0.4, -0.2) is 12.0 Å². The first-order valence-corrected chi connectivity index (χ1v) is 6.36. The molecule has 1 atom stereocenters. The Kier molecular flexibility index (Phi) is 4.37. The van der Waals surface area contributed by atoms with Crippen LogP contribution < -0.4 is 10.1 Å². The van der Waals surface area contributed by atoms with Crippen LogP contribution in [0.3, 0.4) is 0 Å². The van der Waals surface area contributed by atoms with E-state index in [1.807, 2.05) is 0 Å². The molecule has 0 aromatic heterocycles. The van der Waals surface area contributed by atoms with E-state index in [9.17, 15) is 14.5 Å². The topological polar surface area (TPSA) is 64.4 Å². The summed E-state index contributed by atoms with van der Waals surface area (Å²) in [7, 11) is 1.44. The molecule has 1 N–H and O–H groups in total. The number of hydrogen-bond donors (Lipinski definition) is 1. The number of rotatable bonds is 5. The SMILES string of the molecule is COc1ccc(NC(C)c2ccccc2F)c([N+](=O)[O-])c1. The second-order valence-electron chi connectivity index (χ2n) is 4.53. The number of benzene rings is 2. The van der Waals surface area contributed by atoms with Crippen molar-refractivity contribution in [1.82, 2.24) is 0 Å². The van der Waals surface area contributed by atoms with Gasteiger partial charge in [0.1, 0.15) is 17.3 Å². The summed E-state index contributed by atoms with van der Waals surface area (Å²) < 4.78 is 18.7. The van der Waals surface area contributed by atoms with Gasteiger partial charge in [0.15, 0.2) is 0 Å². The molecule has 0 amide bonds. The van der Waals surface area contributed by atoms with E-state index in [0.717, 1.165) is 0 Å². The normalized spacial score (nSPS) is 11.8. The fourth-order valence-corrected chi connectivity index (χ4v) is 2.05. The molecule has 0 spiro atoms. The fourth-order valence-electron chi connectivity index (χ4n) is 2.05. The molecule has 0 radical (unpaired) electrons. The van der Waals surface area contributed by atoms with Gasteiger partial charge in [0, 0.05) is 5.56 Å². The highest BCUT2D eigenvalue weighted by molar-refractivity contribution is 5.64. The lowest BCUT2D eigenvalue weighted by Crippen LogP contribution is -2.10. The highest BCUT2D eigenvalue weighted by Gasteiger charge is 2.18. The van der Waals surface area contributed by atoms with Gasteiger partial charge in [-0.3, -0.25) is 10.1 Å². The zero-order chi connectivity index (χ0) is 15.4. The zero-order valence-electron chi connectivity index (χ0n) is 11.7. The maximum atomic E-state index is 13.7. The van der Waals surface area contributed by atoms with Crippen molar-refractivity contribution in [3.8, 4) is 5.75 Å². The van der Waals surface area contributed by atoms with Gasteiger partial charge >= 0.3 is 0 Å². The van der Waals surface area contributed by atoms with Crippen molar-refractivity contribution in [3.63, 3.8) is 0 Å². The third-order valence-corrected chi connectivity index (χ3v) is 3.15. The molecule has 2 aromatic carbocycles. The Morgan fingerprint density at radius 2 is 2.00 bits per heavy atom. The summed E-state index contributed by atoms with van der Waals surface area (Å²) in [5, 5.41) is 14.1. The van der Waals surface area contributed by atoms with Crippen LogP contribution >= 0.6 is 0 Å². The summed E-state index contributed by atoms with van der Waals surface area (Å²) in [5.41, 5.74) is 0.650. The summed E-state index contributed by atoms with van der Waals surface area (Å²) in [4.78, 5) is 10.6. The lowest BCUT2D eigenvalue weighted by atomic mass is 10.1. The van der Waals surface area contributed by atoms with Crippen LogP contribution in [0, 0.1) is 15.9 Å². The van der Waals surface area contributed by atoms with Gasteiger partial charge in [-0.05, 0) is 25.1 Å². The molecule has 0 heterocycles. The van der Waals surface area contributed by atoms with E-state index in [0.29, 0.717) is 17.0 Å². The molecule has 0 fully saturated rings. The molecule has 1 unspecified atom stereocenters. The highest BCUT2D eigenvalue weighted by Crippen LogP contribution is 2.32. The Morgan fingerprint density at radius 1 is 1.29 bits per heavy atom. The number of nitro groups is 1. The number of hydrogen-bond acceptors (Lipinski definition) is 4. The average Bonchev–Trinajstić information content (AvgIpc) is 2.47. The van der Waals surface area contributed by atoms with Gasteiger partial charge in [-0.15, -0.1) is 0 Å². The molecule has 0 bridgehead atoms. The summed E-state index contributed by atoms with van der Waals surface area (Å²) >= 11 is 0. The Bertz CT molecular complexity index is 661. The fraction of sp³-hybridized carbons (Fsp3) is 0.200. The van der Waals surface area contributed by atoms with Gasteiger partial charge in [0.25, 0.3) is 5.69 Å². The number of nitrogens with one attached hydrogen (secondary N) is 1. The summed E-state index contributed by atoms with van der Waals surface area (Å²) in [6, 6.07) is 10.4. The van der Waals surface area contributed by atoms with Gasteiger partial charge < -0.3 is 10.1 Å². The van der Waals surface area contributed by atoms with Gasteiger partial charge in [0.05, 0.1) is 24.1 Å². The lowest BCUT2D eigenvalue weighted by molar-refractivity contribution is -0.384. The number of ether oxygens (including phenoxy) is 1. The number of anilines is 1. The lowest BCUT2D eigenvalue weighted by Gasteiger charge is -2.16. The Hall–Kier alpha value is -2.63. The molecule has 0 saturated carbocycles. The Morgan fingerprint density at radius 3 is 2.62 bits per heavy atom. The van der Waals surface area contributed by atoms with Crippen LogP contribution in [0.25, 0.3) is 0 Å². The van der Waals surface area contributed by atoms with Crippen molar-refractivity contribution in [2.75, 3.05) is 12.4 Å². The van der Waals surface area contributed by atoms with Crippen LogP contribution in [0.5, 0.6) is 5.75 Å². The third kappa shape index (κ3) is 3.28. The van der Waals surface area contributed by atoms with Crippen molar-refractivity contribution in [2.45, 2.75) is 13.0 Å². The smallest absolute Gasteiger partial charge is 0.296 e. The summed E-state index contributed by atoms with van der Waals surface area (Å²) in [5.74, 6) is 0.0412. The predicted octanol–water partition coefficient (Wildman–Crippen LogP) is 3.92. The van der Waals surface area contributed by atoms with Crippen molar-refractivity contribution < 1.29 is 14.1 Å². The predicted molar refractivity (Wildman–Crippen MR) is 78.1 cm³/mol. The molecule has 6 heteroatoms. The van der Waals surface area contributed by atoms with Gasteiger partial charge in [-0.1, -0.05) is 18.2 Å². The van der Waals surface area contributed by atoms with Gasteiger partial charge in [-0.2, -0.15) is 0 Å². The molecule has 2 aromatic rings. The van der Waals surface area contributed by atoms with Crippen LogP contribution in [0.2, 0.25) is 0 Å². The Balaban J connectivity index is 2.31. The first-order chi connectivity index (χ1) is 10.0. The molecule has 0 aliphatic rings. The molecular formula is C15H15FN2O3. The zero-order valence-corrected chi connectivity index (χ0v) is 11.7. The first-order valence-electron chi connectivity index (χ1n) is 6.36.